The van der Waals surface area contributed by atoms with Crippen LogP contribution in [0.3, 0.4) is 0 Å². The lowest BCUT2D eigenvalue weighted by atomic mass is 10.1. The first-order valence-corrected chi connectivity index (χ1v) is 10.8. The van der Waals surface area contributed by atoms with Crippen LogP contribution in [0.2, 0.25) is 5.02 Å². The lowest BCUT2D eigenvalue weighted by molar-refractivity contribution is -0.383. The Hall–Kier alpha value is -2.09. The molecule has 0 spiro atoms. The van der Waals surface area contributed by atoms with Gasteiger partial charge in [0.15, 0.2) is 0 Å². The van der Waals surface area contributed by atoms with Gasteiger partial charge in [-0.2, -0.15) is 13.2 Å². The number of alkyl halides is 3. The van der Waals surface area contributed by atoms with E-state index in [1.807, 2.05) is 6.92 Å². The third-order valence-corrected chi connectivity index (χ3v) is 6.42. The molecule has 0 saturated heterocycles. The molecule has 0 amide bonds. The van der Waals surface area contributed by atoms with Crippen molar-refractivity contribution in [1.29, 1.82) is 0 Å². The molecule has 0 aliphatic rings. The van der Waals surface area contributed by atoms with Gasteiger partial charge in [0.2, 0.25) is 7.37 Å². The number of benzene rings is 2. The van der Waals surface area contributed by atoms with E-state index in [1.54, 1.807) is 0 Å². The van der Waals surface area contributed by atoms with Crippen LogP contribution in [0.5, 0.6) is 11.5 Å². The number of nitro benzene ring substituents is 1. The molecule has 1 N–H and O–H groups in total. The predicted molar refractivity (Wildman–Crippen MR) is 104 cm³/mol. The first-order valence-electron chi connectivity index (χ1n) is 8.59. The van der Waals surface area contributed by atoms with Crippen molar-refractivity contribution in [1.82, 2.24) is 0 Å². The molecular formula is C18H18ClF3NO5P. The van der Waals surface area contributed by atoms with Crippen LogP contribution in [-0.2, 0) is 17.2 Å². The SMILES string of the molecule is CCCc1cc([N+](=O)[O-])c(P(=O)(O)CC)cc1Oc1ccc(C(F)(F)F)cc1Cl. The van der Waals surface area contributed by atoms with Gasteiger partial charge in [0.1, 0.15) is 16.8 Å². The molecule has 0 fully saturated rings. The van der Waals surface area contributed by atoms with Gasteiger partial charge < -0.3 is 9.63 Å². The minimum Gasteiger partial charge on any atom is -0.455 e. The first-order chi connectivity index (χ1) is 13.4. The summed E-state index contributed by atoms with van der Waals surface area (Å²) in [6, 6.07) is 4.77. The molecule has 0 heterocycles. The highest BCUT2D eigenvalue weighted by molar-refractivity contribution is 7.66. The maximum atomic E-state index is 12.8. The second-order valence-corrected chi connectivity index (χ2v) is 9.14. The summed E-state index contributed by atoms with van der Waals surface area (Å²) in [6.45, 7) is 3.23. The van der Waals surface area contributed by atoms with Gasteiger partial charge in [-0.05, 0) is 24.6 Å². The van der Waals surface area contributed by atoms with E-state index < -0.39 is 29.7 Å². The van der Waals surface area contributed by atoms with E-state index in [2.05, 4.69) is 0 Å². The van der Waals surface area contributed by atoms with Gasteiger partial charge in [-0.15, -0.1) is 0 Å². The molecular weight excluding hydrogens is 434 g/mol. The van der Waals surface area contributed by atoms with Crippen molar-refractivity contribution in [2.24, 2.45) is 0 Å². The fourth-order valence-electron chi connectivity index (χ4n) is 2.64. The number of nitro groups is 1. The highest BCUT2D eigenvalue weighted by Crippen LogP contribution is 2.45. The average molecular weight is 452 g/mol. The zero-order chi connectivity index (χ0) is 22.0. The molecule has 2 aromatic rings. The lowest BCUT2D eigenvalue weighted by Gasteiger charge is -2.17. The maximum absolute atomic E-state index is 12.8. The number of rotatable bonds is 7. The molecule has 2 rings (SSSR count). The van der Waals surface area contributed by atoms with Crippen LogP contribution in [-0.4, -0.2) is 16.0 Å². The minimum atomic E-state index is -4.58. The Morgan fingerprint density at radius 1 is 1.21 bits per heavy atom. The van der Waals surface area contributed by atoms with Crippen molar-refractivity contribution < 1.29 is 32.3 Å². The molecule has 0 aliphatic carbocycles. The Morgan fingerprint density at radius 2 is 1.86 bits per heavy atom. The second kappa shape index (κ2) is 8.73. The molecule has 1 atom stereocenters. The summed E-state index contributed by atoms with van der Waals surface area (Å²) in [5, 5.41) is 10.7. The summed E-state index contributed by atoms with van der Waals surface area (Å²) in [5.74, 6) is -0.0853. The van der Waals surface area contributed by atoms with E-state index in [4.69, 9.17) is 16.3 Å². The van der Waals surface area contributed by atoms with Crippen LogP contribution in [0, 0.1) is 10.1 Å². The highest BCUT2D eigenvalue weighted by Gasteiger charge is 2.32. The largest absolute Gasteiger partial charge is 0.455 e. The van der Waals surface area contributed by atoms with E-state index >= 15 is 0 Å². The van der Waals surface area contributed by atoms with Crippen molar-refractivity contribution in [3.8, 4) is 11.5 Å². The van der Waals surface area contributed by atoms with E-state index in [9.17, 15) is 32.7 Å². The summed E-state index contributed by atoms with van der Waals surface area (Å²) >= 11 is 5.92. The van der Waals surface area contributed by atoms with Gasteiger partial charge in [-0.1, -0.05) is 31.9 Å². The molecule has 158 valence electrons. The highest BCUT2D eigenvalue weighted by atomic mass is 35.5. The van der Waals surface area contributed by atoms with Gasteiger partial charge >= 0.3 is 6.18 Å². The summed E-state index contributed by atoms with van der Waals surface area (Å²) in [6.07, 6.45) is -3.89. The standard InChI is InChI=1S/C18H18ClF3NO5P/c1-3-5-11-8-14(23(24)25)17(29(26,27)4-2)10-16(11)28-15-7-6-12(9-13(15)19)18(20,21)22/h6-10H,3-5H2,1-2H3,(H,26,27). The Bertz CT molecular complexity index is 981. The Kier molecular flexibility index (Phi) is 6.98. The molecule has 11 heteroatoms. The van der Waals surface area contributed by atoms with E-state index in [0.29, 0.717) is 24.5 Å². The molecule has 0 bridgehead atoms. The van der Waals surface area contributed by atoms with Crippen LogP contribution in [0.15, 0.2) is 30.3 Å². The minimum absolute atomic E-state index is 0.0248. The Balaban J connectivity index is 2.61. The zero-order valence-electron chi connectivity index (χ0n) is 15.5. The molecule has 2 aromatic carbocycles. The van der Waals surface area contributed by atoms with Crippen LogP contribution >= 0.6 is 19.0 Å². The third kappa shape index (κ3) is 5.29. The third-order valence-electron chi connectivity index (χ3n) is 4.16. The zero-order valence-corrected chi connectivity index (χ0v) is 17.1. The number of aryl methyl sites for hydroxylation is 1. The van der Waals surface area contributed by atoms with Crippen molar-refractivity contribution in [2.75, 3.05) is 6.16 Å². The number of nitrogens with zero attached hydrogens (tertiary/aromatic N) is 1. The molecule has 1 unspecified atom stereocenters. The fraction of sp³-hybridized carbons (Fsp3) is 0.333. The molecule has 0 radical (unpaired) electrons. The molecule has 0 saturated carbocycles. The smallest absolute Gasteiger partial charge is 0.416 e. The first kappa shape index (κ1) is 23.2. The van der Waals surface area contributed by atoms with E-state index in [0.717, 1.165) is 24.3 Å². The van der Waals surface area contributed by atoms with Gasteiger partial charge in [-0.3, -0.25) is 14.7 Å². The fourth-order valence-corrected chi connectivity index (χ4v) is 4.02. The van der Waals surface area contributed by atoms with Crippen molar-refractivity contribution in [3.05, 3.63) is 56.6 Å². The normalized spacial score (nSPS) is 13.8. The topological polar surface area (TPSA) is 89.7 Å². The lowest BCUT2D eigenvalue weighted by Crippen LogP contribution is -2.14. The van der Waals surface area contributed by atoms with Crippen LogP contribution in [0.1, 0.15) is 31.4 Å². The van der Waals surface area contributed by atoms with E-state index in [1.165, 1.54) is 6.92 Å². The van der Waals surface area contributed by atoms with Crippen molar-refractivity contribution >= 4 is 30.0 Å². The monoisotopic (exact) mass is 451 g/mol. The Labute approximate surface area is 169 Å². The number of hydrogen-bond acceptors (Lipinski definition) is 4. The molecule has 0 aromatic heterocycles. The van der Waals surface area contributed by atoms with Crippen LogP contribution < -0.4 is 10.0 Å². The molecule has 6 nitrogen and oxygen atoms in total. The molecule has 29 heavy (non-hydrogen) atoms. The van der Waals surface area contributed by atoms with Gasteiger partial charge in [0, 0.05) is 23.9 Å². The van der Waals surface area contributed by atoms with Gasteiger partial charge in [-0.25, -0.2) is 0 Å². The predicted octanol–water partition coefficient (Wildman–Crippen LogP) is 5.93. The van der Waals surface area contributed by atoms with Crippen LogP contribution in [0.25, 0.3) is 0 Å². The van der Waals surface area contributed by atoms with Crippen molar-refractivity contribution in [2.45, 2.75) is 32.9 Å². The summed E-state index contributed by atoms with van der Waals surface area (Å²) in [5.41, 5.74) is -1.10. The van der Waals surface area contributed by atoms with Crippen molar-refractivity contribution in [3.63, 3.8) is 0 Å². The number of halogens is 4. The van der Waals surface area contributed by atoms with E-state index in [-0.39, 0.29) is 28.0 Å². The maximum Gasteiger partial charge on any atom is 0.416 e. The van der Waals surface area contributed by atoms with Gasteiger partial charge in [0.05, 0.1) is 15.5 Å². The summed E-state index contributed by atoms with van der Waals surface area (Å²) < 4.78 is 56.5. The number of ether oxygens (including phenoxy) is 1. The quantitative estimate of drug-likeness (QED) is 0.320. The second-order valence-electron chi connectivity index (χ2n) is 6.22. The summed E-state index contributed by atoms with van der Waals surface area (Å²) in [7, 11) is -4.03. The number of hydrogen-bond donors (Lipinski definition) is 1. The summed E-state index contributed by atoms with van der Waals surface area (Å²) in [4.78, 5) is 20.8. The van der Waals surface area contributed by atoms with Gasteiger partial charge in [0.25, 0.3) is 5.69 Å². The van der Waals surface area contributed by atoms with Crippen LogP contribution in [0.4, 0.5) is 18.9 Å². The average Bonchev–Trinajstić information content (AvgIpc) is 2.63. The Morgan fingerprint density at radius 3 is 2.34 bits per heavy atom. The molecule has 0 aliphatic heterocycles.